The van der Waals surface area contributed by atoms with E-state index in [1.165, 1.54) is 0 Å². The zero-order valence-electron chi connectivity index (χ0n) is 8.60. The Bertz CT molecular complexity index is 85.6. The SMILES string of the molecule is CC[Si](C)(C)O.C[Si](C)(C)O. The monoisotopic (exact) mass is 194 g/mol. The standard InChI is InChI=1S/C4H12OSi.C3H10OSi/c1-4-6(2,3)5;1-5(2,3)4/h5H,4H2,1-3H3;4H,1-3H3. The Kier molecular flexibility index (Phi) is 6.42. The van der Waals surface area contributed by atoms with Crippen molar-refractivity contribution in [2.45, 2.75) is 45.7 Å². The third-order valence-electron chi connectivity index (χ3n) is 0.865. The van der Waals surface area contributed by atoms with Crippen molar-refractivity contribution in [2.24, 2.45) is 0 Å². The average Bonchev–Trinajstić information content (AvgIpc) is 1.59. The van der Waals surface area contributed by atoms with Crippen molar-refractivity contribution in [1.29, 1.82) is 0 Å². The van der Waals surface area contributed by atoms with Gasteiger partial charge in [-0.1, -0.05) is 6.92 Å². The third-order valence-corrected chi connectivity index (χ3v) is 2.60. The summed E-state index contributed by atoms with van der Waals surface area (Å²) in [5.74, 6) is 0. The van der Waals surface area contributed by atoms with E-state index in [4.69, 9.17) is 9.59 Å². The van der Waals surface area contributed by atoms with E-state index in [0.717, 1.165) is 6.04 Å². The van der Waals surface area contributed by atoms with E-state index in [1.807, 2.05) is 39.7 Å². The highest BCUT2D eigenvalue weighted by atomic mass is 28.4. The Balaban J connectivity index is 0. The maximum absolute atomic E-state index is 8.97. The highest BCUT2D eigenvalue weighted by Gasteiger charge is 2.11. The van der Waals surface area contributed by atoms with Crippen LogP contribution in [0, 0.1) is 0 Å². The zero-order chi connectivity index (χ0) is 9.71. The summed E-state index contributed by atoms with van der Waals surface area (Å²) in [6.45, 7) is 11.5. The Labute approximate surface area is 72.5 Å². The molecule has 11 heavy (non-hydrogen) atoms. The van der Waals surface area contributed by atoms with Gasteiger partial charge in [0.15, 0.2) is 16.6 Å². The van der Waals surface area contributed by atoms with Gasteiger partial charge in [-0.05, 0) is 38.8 Å². The number of hydrogen-bond donors (Lipinski definition) is 2. The molecule has 0 bridgehead atoms. The molecule has 0 unspecified atom stereocenters. The summed E-state index contributed by atoms with van der Waals surface area (Å²) in [6.07, 6.45) is 0. The van der Waals surface area contributed by atoms with Gasteiger partial charge in [0.1, 0.15) is 0 Å². The quantitative estimate of drug-likeness (QED) is 0.627. The molecule has 0 spiro atoms. The van der Waals surface area contributed by atoms with E-state index in [-0.39, 0.29) is 0 Å². The highest BCUT2D eigenvalue weighted by molar-refractivity contribution is 6.69. The second-order valence-corrected chi connectivity index (χ2v) is 13.0. The summed E-state index contributed by atoms with van der Waals surface area (Å²) in [4.78, 5) is 17.6. The number of rotatable bonds is 1. The summed E-state index contributed by atoms with van der Waals surface area (Å²) in [6, 6.07) is 0.965. The van der Waals surface area contributed by atoms with Crippen LogP contribution in [-0.4, -0.2) is 26.2 Å². The van der Waals surface area contributed by atoms with Crippen molar-refractivity contribution in [3.63, 3.8) is 0 Å². The Hall–Kier alpha value is 0.354. The molecular formula is C7H22O2Si2. The summed E-state index contributed by atoms with van der Waals surface area (Å²) in [5, 5.41) is 0. The normalized spacial score (nSPS) is 12.0. The van der Waals surface area contributed by atoms with Gasteiger partial charge in [0.25, 0.3) is 0 Å². The molecule has 2 N–H and O–H groups in total. The van der Waals surface area contributed by atoms with Crippen molar-refractivity contribution < 1.29 is 9.59 Å². The van der Waals surface area contributed by atoms with Gasteiger partial charge >= 0.3 is 0 Å². The maximum atomic E-state index is 8.97. The minimum Gasteiger partial charge on any atom is -0.433 e. The van der Waals surface area contributed by atoms with Crippen LogP contribution >= 0.6 is 0 Å². The predicted molar refractivity (Wildman–Crippen MR) is 55.7 cm³/mol. The lowest BCUT2D eigenvalue weighted by Crippen LogP contribution is -2.22. The smallest absolute Gasteiger partial charge is 0.182 e. The van der Waals surface area contributed by atoms with Crippen LogP contribution in [0.25, 0.3) is 0 Å². The highest BCUT2D eigenvalue weighted by Crippen LogP contribution is 1.99. The van der Waals surface area contributed by atoms with Gasteiger partial charge in [-0.3, -0.25) is 0 Å². The Morgan fingerprint density at radius 1 is 0.909 bits per heavy atom. The Morgan fingerprint density at radius 3 is 1.00 bits per heavy atom. The van der Waals surface area contributed by atoms with Crippen molar-refractivity contribution >= 4 is 16.6 Å². The molecule has 0 rings (SSSR count). The molecule has 0 fully saturated rings. The molecule has 0 aromatic carbocycles. The summed E-state index contributed by atoms with van der Waals surface area (Å²) in [5.41, 5.74) is 0. The fourth-order valence-corrected chi connectivity index (χ4v) is 0. The first kappa shape index (κ1) is 13.9. The van der Waals surface area contributed by atoms with Gasteiger partial charge in [0.05, 0.1) is 0 Å². The fraction of sp³-hybridized carbons (Fsp3) is 1.00. The molecule has 0 saturated carbocycles. The predicted octanol–water partition coefficient (Wildman–Crippen LogP) is 2.02. The molecule has 0 aliphatic rings. The molecule has 0 aliphatic carbocycles. The van der Waals surface area contributed by atoms with Gasteiger partial charge in [0, 0.05) is 0 Å². The zero-order valence-corrected chi connectivity index (χ0v) is 10.6. The maximum Gasteiger partial charge on any atom is 0.182 e. The third kappa shape index (κ3) is 64.2. The fourth-order valence-electron chi connectivity index (χ4n) is 0. The van der Waals surface area contributed by atoms with Gasteiger partial charge in [0.2, 0.25) is 0 Å². The van der Waals surface area contributed by atoms with Crippen LogP contribution in [0.3, 0.4) is 0 Å². The molecule has 70 valence electrons. The number of hydrogen-bond acceptors (Lipinski definition) is 2. The lowest BCUT2D eigenvalue weighted by atomic mass is 11.0. The molecule has 0 aromatic heterocycles. The van der Waals surface area contributed by atoms with Crippen molar-refractivity contribution in [2.75, 3.05) is 0 Å². The minimum atomic E-state index is -1.63. The lowest BCUT2D eigenvalue weighted by molar-refractivity contribution is 0.551. The van der Waals surface area contributed by atoms with E-state index in [0.29, 0.717) is 0 Å². The van der Waals surface area contributed by atoms with Gasteiger partial charge in [-0.25, -0.2) is 0 Å². The van der Waals surface area contributed by atoms with Crippen LogP contribution in [0.4, 0.5) is 0 Å². The molecule has 4 heteroatoms. The minimum absolute atomic E-state index is 0.965. The van der Waals surface area contributed by atoms with Gasteiger partial charge in [-0.15, -0.1) is 0 Å². The van der Waals surface area contributed by atoms with Crippen molar-refractivity contribution in [1.82, 2.24) is 0 Å². The second kappa shape index (κ2) is 5.08. The van der Waals surface area contributed by atoms with Crippen LogP contribution in [-0.2, 0) is 0 Å². The van der Waals surface area contributed by atoms with E-state index in [2.05, 4.69) is 0 Å². The molecule has 0 saturated heterocycles. The first-order valence-electron chi connectivity index (χ1n) is 4.01. The van der Waals surface area contributed by atoms with Crippen LogP contribution in [0.15, 0.2) is 0 Å². The molecule has 0 aliphatic heterocycles. The van der Waals surface area contributed by atoms with Crippen LogP contribution < -0.4 is 0 Å². The van der Waals surface area contributed by atoms with Crippen molar-refractivity contribution in [3.05, 3.63) is 0 Å². The lowest BCUT2D eigenvalue weighted by Gasteiger charge is -2.07. The first-order valence-corrected chi connectivity index (χ1v) is 10.6. The molecule has 0 aromatic rings. The summed E-state index contributed by atoms with van der Waals surface area (Å²) in [7, 11) is -3.24. The van der Waals surface area contributed by atoms with Gasteiger partial charge in [-0.2, -0.15) is 0 Å². The van der Waals surface area contributed by atoms with Gasteiger partial charge < -0.3 is 9.59 Å². The van der Waals surface area contributed by atoms with E-state index < -0.39 is 16.6 Å². The van der Waals surface area contributed by atoms with Crippen molar-refractivity contribution in [3.8, 4) is 0 Å². The Morgan fingerprint density at radius 2 is 1.00 bits per heavy atom. The van der Waals surface area contributed by atoms with E-state index >= 15 is 0 Å². The molecule has 0 heterocycles. The largest absolute Gasteiger partial charge is 0.433 e. The molecule has 0 amide bonds. The molecule has 2 nitrogen and oxygen atoms in total. The summed E-state index contributed by atoms with van der Waals surface area (Å²) < 4.78 is 0. The molecule has 0 radical (unpaired) electrons. The van der Waals surface area contributed by atoms with E-state index in [1.54, 1.807) is 0 Å². The van der Waals surface area contributed by atoms with E-state index in [9.17, 15) is 0 Å². The van der Waals surface area contributed by atoms with Crippen LogP contribution in [0.1, 0.15) is 6.92 Å². The average molecular weight is 194 g/mol. The second-order valence-electron chi connectivity index (χ2n) is 4.34. The first-order chi connectivity index (χ1) is 4.56. The topological polar surface area (TPSA) is 40.5 Å². The van der Waals surface area contributed by atoms with Crippen LogP contribution in [0.2, 0.25) is 38.8 Å². The van der Waals surface area contributed by atoms with Crippen LogP contribution in [0.5, 0.6) is 0 Å². The summed E-state index contributed by atoms with van der Waals surface area (Å²) >= 11 is 0. The molecular weight excluding hydrogens is 172 g/mol. The molecule has 0 atom stereocenters.